The Hall–Kier alpha value is -1.95. The third kappa shape index (κ3) is 3.37. The molecule has 0 bridgehead atoms. The topological polar surface area (TPSA) is 63.9 Å². The first-order valence-corrected chi connectivity index (χ1v) is 8.09. The van der Waals surface area contributed by atoms with Crippen LogP contribution in [0.25, 0.3) is 0 Å². The van der Waals surface area contributed by atoms with Crippen LogP contribution in [0.1, 0.15) is 49.8 Å². The van der Waals surface area contributed by atoms with Crippen molar-refractivity contribution in [3.8, 4) is 0 Å². The molecular formula is C16H22ClN5O. The Labute approximate surface area is 141 Å². The summed E-state index contributed by atoms with van der Waals surface area (Å²) < 4.78 is 1.83. The number of carbonyl (C=O) groups is 1. The second kappa shape index (κ2) is 7.08. The molecule has 0 N–H and O–H groups in total. The summed E-state index contributed by atoms with van der Waals surface area (Å²) in [5.74, 6) is 0.213. The standard InChI is InChI=1S/C16H22ClN5O/c1-6-21(13-7-8-18-19-9-13)16(23)14-12(5)22(20-15(14)17)11(4)10(2)3/h7-11H,6H2,1-5H3. The molecule has 2 aromatic heterocycles. The molecule has 0 aliphatic heterocycles. The fourth-order valence-electron chi connectivity index (χ4n) is 2.43. The molecule has 0 radical (unpaired) electrons. The lowest BCUT2D eigenvalue weighted by atomic mass is 10.1. The largest absolute Gasteiger partial charge is 0.307 e. The van der Waals surface area contributed by atoms with Gasteiger partial charge in [-0.25, -0.2) is 0 Å². The second-order valence-electron chi connectivity index (χ2n) is 5.83. The van der Waals surface area contributed by atoms with E-state index in [4.69, 9.17) is 11.6 Å². The lowest BCUT2D eigenvalue weighted by Crippen LogP contribution is -2.31. The molecule has 1 unspecified atom stereocenters. The summed E-state index contributed by atoms with van der Waals surface area (Å²) >= 11 is 6.27. The molecule has 2 heterocycles. The normalized spacial score (nSPS) is 12.5. The van der Waals surface area contributed by atoms with Crippen LogP contribution in [0.3, 0.4) is 0 Å². The summed E-state index contributed by atoms with van der Waals surface area (Å²) in [6, 6.07) is 1.91. The van der Waals surface area contributed by atoms with E-state index < -0.39 is 0 Å². The zero-order chi connectivity index (χ0) is 17.1. The maximum Gasteiger partial charge on any atom is 0.263 e. The van der Waals surface area contributed by atoms with Gasteiger partial charge in [0.25, 0.3) is 5.91 Å². The van der Waals surface area contributed by atoms with E-state index in [9.17, 15) is 4.79 Å². The van der Waals surface area contributed by atoms with Crippen molar-refractivity contribution in [2.24, 2.45) is 5.92 Å². The number of amides is 1. The number of halogens is 1. The summed E-state index contributed by atoms with van der Waals surface area (Å²) in [5, 5.41) is 12.2. The van der Waals surface area contributed by atoms with Crippen molar-refractivity contribution < 1.29 is 4.79 Å². The Balaban J connectivity index is 2.43. The predicted octanol–water partition coefficient (Wildman–Crippen LogP) is 3.52. The quantitative estimate of drug-likeness (QED) is 0.838. The molecular weight excluding hydrogens is 314 g/mol. The minimum absolute atomic E-state index is 0.159. The van der Waals surface area contributed by atoms with E-state index in [1.54, 1.807) is 23.4 Å². The molecule has 0 spiro atoms. The smallest absolute Gasteiger partial charge is 0.263 e. The van der Waals surface area contributed by atoms with Crippen LogP contribution >= 0.6 is 11.6 Å². The van der Waals surface area contributed by atoms with E-state index in [0.717, 1.165) is 5.69 Å². The van der Waals surface area contributed by atoms with Crippen LogP contribution in [0.5, 0.6) is 0 Å². The van der Waals surface area contributed by atoms with Gasteiger partial charge in [0.2, 0.25) is 0 Å². The number of aromatic nitrogens is 4. The average Bonchev–Trinajstić information content (AvgIpc) is 2.82. The molecule has 7 heteroatoms. The Morgan fingerprint density at radius 2 is 2.04 bits per heavy atom. The third-order valence-electron chi connectivity index (χ3n) is 4.11. The van der Waals surface area contributed by atoms with Crippen molar-refractivity contribution in [1.29, 1.82) is 0 Å². The molecule has 0 aromatic carbocycles. The summed E-state index contributed by atoms with van der Waals surface area (Å²) in [4.78, 5) is 14.6. The van der Waals surface area contributed by atoms with Crippen molar-refractivity contribution in [3.05, 3.63) is 34.9 Å². The summed E-state index contributed by atoms with van der Waals surface area (Å²) in [6.45, 7) is 10.6. The van der Waals surface area contributed by atoms with Gasteiger partial charge in [0.1, 0.15) is 0 Å². The van der Waals surface area contributed by atoms with Crippen LogP contribution in [-0.2, 0) is 0 Å². The fraction of sp³-hybridized carbons (Fsp3) is 0.500. The maximum absolute atomic E-state index is 13.0. The molecule has 2 aromatic rings. The van der Waals surface area contributed by atoms with Gasteiger partial charge in [-0.2, -0.15) is 15.3 Å². The summed E-state index contributed by atoms with van der Waals surface area (Å²) in [7, 11) is 0. The first-order valence-electron chi connectivity index (χ1n) is 7.71. The van der Waals surface area contributed by atoms with Gasteiger partial charge in [0.15, 0.2) is 5.15 Å². The third-order valence-corrected chi connectivity index (χ3v) is 4.38. The van der Waals surface area contributed by atoms with Crippen LogP contribution in [-0.4, -0.2) is 32.4 Å². The van der Waals surface area contributed by atoms with E-state index >= 15 is 0 Å². The van der Waals surface area contributed by atoms with Crippen LogP contribution in [0.15, 0.2) is 18.5 Å². The van der Waals surface area contributed by atoms with Crippen molar-refractivity contribution >= 4 is 23.2 Å². The molecule has 0 aliphatic rings. The highest BCUT2D eigenvalue weighted by atomic mass is 35.5. The predicted molar refractivity (Wildman–Crippen MR) is 90.9 cm³/mol. The Bertz CT molecular complexity index is 683. The number of nitrogens with zero attached hydrogens (tertiary/aromatic N) is 5. The Kier molecular flexibility index (Phi) is 5.36. The van der Waals surface area contributed by atoms with E-state index in [1.165, 1.54) is 0 Å². The van der Waals surface area contributed by atoms with Crippen LogP contribution < -0.4 is 4.90 Å². The monoisotopic (exact) mass is 335 g/mol. The molecule has 0 saturated heterocycles. The number of anilines is 1. The molecule has 0 aliphatic carbocycles. The highest BCUT2D eigenvalue weighted by Gasteiger charge is 2.27. The van der Waals surface area contributed by atoms with Gasteiger partial charge in [0.05, 0.1) is 35.4 Å². The van der Waals surface area contributed by atoms with Gasteiger partial charge in [-0.3, -0.25) is 9.48 Å². The van der Waals surface area contributed by atoms with E-state index in [2.05, 4.69) is 36.1 Å². The molecule has 6 nitrogen and oxygen atoms in total. The lowest BCUT2D eigenvalue weighted by Gasteiger charge is -2.21. The van der Waals surface area contributed by atoms with Gasteiger partial charge >= 0.3 is 0 Å². The lowest BCUT2D eigenvalue weighted by molar-refractivity contribution is 0.0987. The zero-order valence-corrected chi connectivity index (χ0v) is 14.9. The molecule has 1 atom stereocenters. The minimum atomic E-state index is -0.176. The molecule has 0 saturated carbocycles. The Morgan fingerprint density at radius 3 is 2.57 bits per heavy atom. The molecule has 2 rings (SSSR count). The van der Waals surface area contributed by atoms with Gasteiger partial charge in [0, 0.05) is 6.54 Å². The van der Waals surface area contributed by atoms with Gasteiger partial charge in [-0.1, -0.05) is 25.4 Å². The van der Waals surface area contributed by atoms with E-state index in [-0.39, 0.29) is 17.1 Å². The maximum atomic E-state index is 13.0. The Morgan fingerprint density at radius 1 is 1.35 bits per heavy atom. The van der Waals surface area contributed by atoms with Crippen LogP contribution in [0.4, 0.5) is 5.69 Å². The molecule has 0 fully saturated rings. The highest BCUT2D eigenvalue weighted by Crippen LogP contribution is 2.27. The van der Waals surface area contributed by atoms with E-state index in [0.29, 0.717) is 23.7 Å². The van der Waals surface area contributed by atoms with Gasteiger partial charge in [-0.05, 0) is 32.8 Å². The number of hydrogen-bond acceptors (Lipinski definition) is 4. The first kappa shape index (κ1) is 17.4. The highest BCUT2D eigenvalue weighted by molar-refractivity contribution is 6.33. The van der Waals surface area contributed by atoms with E-state index in [1.807, 2.05) is 18.5 Å². The fourth-order valence-corrected chi connectivity index (χ4v) is 2.73. The molecule has 23 heavy (non-hydrogen) atoms. The minimum Gasteiger partial charge on any atom is -0.307 e. The van der Waals surface area contributed by atoms with Gasteiger partial charge in [-0.15, -0.1) is 0 Å². The zero-order valence-electron chi connectivity index (χ0n) is 14.1. The number of carbonyl (C=O) groups excluding carboxylic acids is 1. The van der Waals surface area contributed by atoms with Crippen LogP contribution in [0.2, 0.25) is 5.15 Å². The molecule has 124 valence electrons. The van der Waals surface area contributed by atoms with Crippen molar-refractivity contribution in [2.75, 3.05) is 11.4 Å². The number of rotatable bonds is 5. The summed E-state index contributed by atoms with van der Waals surface area (Å²) in [5.41, 5.74) is 1.91. The van der Waals surface area contributed by atoms with Gasteiger partial charge < -0.3 is 4.90 Å². The van der Waals surface area contributed by atoms with Crippen LogP contribution in [0, 0.1) is 12.8 Å². The van der Waals surface area contributed by atoms with Crippen molar-refractivity contribution in [3.63, 3.8) is 0 Å². The number of hydrogen-bond donors (Lipinski definition) is 0. The second-order valence-corrected chi connectivity index (χ2v) is 6.19. The average molecular weight is 336 g/mol. The molecule has 1 amide bonds. The first-order chi connectivity index (χ1) is 10.9. The SMILES string of the molecule is CCN(C(=O)c1c(Cl)nn(C(C)C(C)C)c1C)c1ccnnc1. The van der Waals surface area contributed by atoms with Crippen molar-refractivity contribution in [1.82, 2.24) is 20.0 Å². The summed E-state index contributed by atoms with van der Waals surface area (Å²) in [6.07, 6.45) is 3.12. The van der Waals surface area contributed by atoms with Crippen molar-refractivity contribution in [2.45, 2.75) is 40.7 Å².